The second kappa shape index (κ2) is 3.69. The van der Waals surface area contributed by atoms with Gasteiger partial charge < -0.3 is 11.1 Å². The van der Waals surface area contributed by atoms with E-state index in [1.165, 1.54) is 6.33 Å². The van der Waals surface area contributed by atoms with Crippen LogP contribution >= 0.6 is 0 Å². The van der Waals surface area contributed by atoms with Gasteiger partial charge >= 0.3 is 0 Å². The Bertz CT molecular complexity index is 415. The molecule has 70 valence electrons. The fourth-order valence-electron chi connectivity index (χ4n) is 1.02. The van der Waals surface area contributed by atoms with E-state index in [1.54, 1.807) is 18.5 Å². The molecule has 5 heteroatoms. The number of nitrogens with zero attached hydrogens (tertiary/aromatic N) is 3. The third-order valence-electron chi connectivity index (χ3n) is 1.64. The van der Waals surface area contributed by atoms with Crippen molar-refractivity contribution in [2.75, 3.05) is 11.1 Å². The van der Waals surface area contributed by atoms with E-state index in [4.69, 9.17) is 5.73 Å². The maximum atomic E-state index is 5.51. The Labute approximate surface area is 81.0 Å². The molecule has 0 amide bonds. The number of pyridine rings is 1. The highest BCUT2D eigenvalue weighted by atomic mass is 15.0. The molecule has 2 aromatic rings. The van der Waals surface area contributed by atoms with Crippen molar-refractivity contribution in [3.8, 4) is 0 Å². The third kappa shape index (κ3) is 1.95. The summed E-state index contributed by atoms with van der Waals surface area (Å²) in [6.45, 7) is 0. The fraction of sp³-hybridized carbons (Fsp3) is 0. The number of aromatic nitrogens is 3. The van der Waals surface area contributed by atoms with E-state index in [0.29, 0.717) is 11.6 Å². The summed E-state index contributed by atoms with van der Waals surface area (Å²) in [6.07, 6.45) is 4.82. The number of hydrogen-bond donors (Lipinski definition) is 2. The summed E-state index contributed by atoms with van der Waals surface area (Å²) >= 11 is 0. The van der Waals surface area contributed by atoms with E-state index in [-0.39, 0.29) is 0 Å². The van der Waals surface area contributed by atoms with Gasteiger partial charge in [-0.3, -0.25) is 4.98 Å². The van der Waals surface area contributed by atoms with Gasteiger partial charge in [0.15, 0.2) is 0 Å². The summed E-state index contributed by atoms with van der Waals surface area (Å²) in [4.78, 5) is 11.7. The quantitative estimate of drug-likeness (QED) is 0.738. The van der Waals surface area contributed by atoms with Crippen molar-refractivity contribution in [1.82, 2.24) is 15.0 Å². The molecule has 0 aliphatic heterocycles. The monoisotopic (exact) mass is 187 g/mol. The van der Waals surface area contributed by atoms with Gasteiger partial charge in [-0.05, 0) is 12.1 Å². The minimum Gasteiger partial charge on any atom is -0.384 e. The Kier molecular flexibility index (Phi) is 2.22. The van der Waals surface area contributed by atoms with Gasteiger partial charge in [0.1, 0.15) is 18.0 Å². The van der Waals surface area contributed by atoms with Gasteiger partial charge in [0.05, 0.1) is 0 Å². The van der Waals surface area contributed by atoms with Crippen LogP contribution in [0, 0.1) is 0 Å². The second-order valence-electron chi connectivity index (χ2n) is 2.69. The second-order valence-corrected chi connectivity index (χ2v) is 2.69. The maximum Gasteiger partial charge on any atom is 0.135 e. The van der Waals surface area contributed by atoms with Crippen LogP contribution < -0.4 is 11.1 Å². The molecule has 0 fully saturated rings. The predicted octanol–water partition coefficient (Wildman–Crippen LogP) is 1.20. The number of nitrogens with two attached hydrogens (primary N) is 1. The minimum absolute atomic E-state index is 0.441. The summed E-state index contributed by atoms with van der Waals surface area (Å²) < 4.78 is 0. The molecule has 0 aromatic carbocycles. The van der Waals surface area contributed by atoms with E-state index in [9.17, 15) is 0 Å². The Morgan fingerprint density at radius 1 is 1.14 bits per heavy atom. The molecule has 14 heavy (non-hydrogen) atoms. The average Bonchev–Trinajstić information content (AvgIpc) is 2.19. The zero-order valence-corrected chi connectivity index (χ0v) is 7.38. The van der Waals surface area contributed by atoms with Gasteiger partial charge in [0, 0.05) is 24.1 Å². The summed E-state index contributed by atoms with van der Waals surface area (Å²) in [5.41, 5.74) is 6.42. The van der Waals surface area contributed by atoms with Crippen molar-refractivity contribution in [2.24, 2.45) is 0 Å². The molecule has 2 heterocycles. The van der Waals surface area contributed by atoms with Crippen molar-refractivity contribution in [2.45, 2.75) is 0 Å². The third-order valence-corrected chi connectivity index (χ3v) is 1.64. The minimum atomic E-state index is 0.441. The molecular weight excluding hydrogens is 178 g/mol. The molecule has 0 spiro atoms. The summed E-state index contributed by atoms with van der Waals surface area (Å²) in [6, 6.07) is 5.36. The van der Waals surface area contributed by atoms with Gasteiger partial charge in [-0.2, -0.15) is 0 Å². The van der Waals surface area contributed by atoms with Crippen LogP contribution in [0.3, 0.4) is 0 Å². The summed E-state index contributed by atoms with van der Waals surface area (Å²) in [5, 5.41) is 3.07. The molecule has 2 rings (SSSR count). The van der Waals surface area contributed by atoms with Crippen LogP contribution in [0.5, 0.6) is 0 Å². The first-order valence-electron chi connectivity index (χ1n) is 4.09. The van der Waals surface area contributed by atoms with Crippen molar-refractivity contribution in [1.29, 1.82) is 0 Å². The van der Waals surface area contributed by atoms with Crippen molar-refractivity contribution >= 4 is 17.3 Å². The zero-order valence-electron chi connectivity index (χ0n) is 7.38. The molecule has 2 aromatic heterocycles. The number of anilines is 3. The van der Waals surface area contributed by atoms with Gasteiger partial charge in [-0.25, -0.2) is 9.97 Å². The number of nitrogen functional groups attached to an aromatic ring is 1. The van der Waals surface area contributed by atoms with Crippen molar-refractivity contribution in [3.63, 3.8) is 0 Å². The van der Waals surface area contributed by atoms with Crippen LogP contribution in [-0.4, -0.2) is 15.0 Å². The number of rotatable bonds is 2. The lowest BCUT2D eigenvalue weighted by Gasteiger charge is -2.04. The van der Waals surface area contributed by atoms with E-state index < -0.39 is 0 Å². The smallest absolute Gasteiger partial charge is 0.135 e. The molecule has 0 aliphatic rings. The van der Waals surface area contributed by atoms with Crippen LogP contribution in [0.2, 0.25) is 0 Å². The Balaban J connectivity index is 2.19. The molecule has 0 atom stereocenters. The van der Waals surface area contributed by atoms with Gasteiger partial charge in [-0.15, -0.1) is 0 Å². The molecule has 3 N–H and O–H groups in total. The molecule has 0 unspecified atom stereocenters. The zero-order chi connectivity index (χ0) is 9.80. The highest BCUT2D eigenvalue weighted by molar-refractivity contribution is 5.57. The normalized spacial score (nSPS) is 9.71. The van der Waals surface area contributed by atoms with Crippen molar-refractivity contribution in [3.05, 3.63) is 36.9 Å². The highest BCUT2D eigenvalue weighted by Crippen LogP contribution is 2.13. The fourth-order valence-corrected chi connectivity index (χ4v) is 1.02. The lowest BCUT2D eigenvalue weighted by atomic mass is 10.4. The standard InChI is InChI=1S/C9H9N5/c10-8-5-9(13-6-12-8)14-7-1-3-11-4-2-7/h1-6H,(H3,10,11,12,13,14). The Morgan fingerprint density at radius 3 is 2.64 bits per heavy atom. The number of hydrogen-bond acceptors (Lipinski definition) is 5. The molecule has 0 bridgehead atoms. The SMILES string of the molecule is Nc1cc(Nc2ccncc2)ncn1. The maximum absolute atomic E-state index is 5.51. The molecule has 0 saturated carbocycles. The predicted molar refractivity (Wildman–Crippen MR) is 54.0 cm³/mol. The van der Waals surface area contributed by atoms with E-state index in [2.05, 4.69) is 20.3 Å². The molecular formula is C9H9N5. The molecule has 0 aliphatic carbocycles. The van der Waals surface area contributed by atoms with E-state index in [0.717, 1.165) is 5.69 Å². The largest absolute Gasteiger partial charge is 0.384 e. The lowest BCUT2D eigenvalue weighted by Crippen LogP contribution is -1.97. The number of nitrogens with one attached hydrogen (secondary N) is 1. The first kappa shape index (κ1) is 8.43. The topological polar surface area (TPSA) is 76.7 Å². The Hall–Kier alpha value is -2.17. The average molecular weight is 187 g/mol. The van der Waals surface area contributed by atoms with Crippen LogP contribution in [0.4, 0.5) is 17.3 Å². The molecule has 0 radical (unpaired) electrons. The Morgan fingerprint density at radius 2 is 1.93 bits per heavy atom. The summed E-state index contributed by atoms with van der Waals surface area (Å²) in [5.74, 6) is 1.11. The van der Waals surface area contributed by atoms with Gasteiger partial charge in [0.25, 0.3) is 0 Å². The van der Waals surface area contributed by atoms with E-state index >= 15 is 0 Å². The van der Waals surface area contributed by atoms with Crippen LogP contribution in [-0.2, 0) is 0 Å². The highest BCUT2D eigenvalue weighted by Gasteiger charge is 1.95. The van der Waals surface area contributed by atoms with Crippen LogP contribution in [0.1, 0.15) is 0 Å². The van der Waals surface area contributed by atoms with Gasteiger partial charge in [-0.1, -0.05) is 0 Å². The van der Waals surface area contributed by atoms with E-state index in [1.807, 2.05) is 12.1 Å². The van der Waals surface area contributed by atoms with Crippen LogP contribution in [0.15, 0.2) is 36.9 Å². The first-order valence-corrected chi connectivity index (χ1v) is 4.09. The molecule has 5 nitrogen and oxygen atoms in total. The summed E-state index contributed by atoms with van der Waals surface area (Å²) in [7, 11) is 0. The van der Waals surface area contributed by atoms with Crippen LogP contribution in [0.25, 0.3) is 0 Å². The molecule has 0 saturated heterocycles. The van der Waals surface area contributed by atoms with Crippen molar-refractivity contribution < 1.29 is 0 Å². The lowest BCUT2D eigenvalue weighted by molar-refractivity contribution is 1.17. The first-order chi connectivity index (χ1) is 6.84. The van der Waals surface area contributed by atoms with Gasteiger partial charge in [0.2, 0.25) is 0 Å².